The van der Waals surface area contributed by atoms with Crippen LogP contribution in [0.1, 0.15) is 75.2 Å². The van der Waals surface area contributed by atoms with Crippen LogP contribution < -0.4 is 0 Å². The van der Waals surface area contributed by atoms with E-state index in [0.29, 0.717) is 18.4 Å². The summed E-state index contributed by atoms with van der Waals surface area (Å²) in [5.41, 5.74) is 1.84. The van der Waals surface area contributed by atoms with Gasteiger partial charge in [0.25, 0.3) is 0 Å². The van der Waals surface area contributed by atoms with E-state index in [2.05, 4.69) is 5.16 Å². The minimum atomic E-state index is -1.15. The molecular formula is C39H63NO9. The Morgan fingerprint density at radius 2 is 1.76 bits per heavy atom. The van der Waals surface area contributed by atoms with Gasteiger partial charge in [-0.3, -0.25) is 0 Å². The lowest BCUT2D eigenvalue weighted by Crippen LogP contribution is -2.45. The van der Waals surface area contributed by atoms with Gasteiger partial charge in [-0.1, -0.05) is 100 Å². The molecule has 1 heterocycles. The van der Waals surface area contributed by atoms with Gasteiger partial charge in [0.1, 0.15) is 12.2 Å². The standard InChI is InChI=1S/C39H63NO9/c1-12-15-32(41)25(5)18-19-31(40-46)28(8)37(44)29(9)38-33(47-10)17-14-16-23(3)20-26(6)35(42)30(13-2)36(43)27(7)21-24(4)22-34(48-11)39(45)49-38/h12,14-19,21-22,25-30,32-33,35-38,41-44,46H,13,20H2,1-11H3/b15-12+,17-14-,19-18+,23-16-,24-21-,34-22+,40-31-. The SMILES string of the molecule is C/C=C/C(O)C(C)/C=C/C(=N/O)C(C)C(O)C(C)C1OC(=O)/C(OC)=C\C(C)=C/C(C)C(O)C(CC)C(O)C(C)C/C(C)=C\C=C/C1OC. The Kier molecular flexibility index (Phi) is 19.7. The molecule has 1 rings (SSSR count). The molecule has 1 aliphatic rings. The Bertz CT molecular complexity index is 1230. The number of aliphatic hydroxyl groups is 4. The summed E-state index contributed by atoms with van der Waals surface area (Å²) >= 11 is 0. The van der Waals surface area contributed by atoms with Gasteiger partial charge in [0.15, 0.2) is 0 Å². The first-order chi connectivity index (χ1) is 23.1. The Morgan fingerprint density at radius 3 is 2.31 bits per heavy atom. The van der Waals surface area contributed by atoms with Crippen molar-refractivity contribution in [2.24, 2.45) is 40.7 Å². The number of hydrogen-bond donors (Lipinski definition) is 5. The summed E-state index contributed by atoms with van der Waals surface area (Å²) in [6.45, 7) is 16.6. The zero-order valence-corrected chi connectivity index (χ0v) is 31.4. The molecule has 0 fully saturated rings. The highest BCUT2D eigenvalue weighted by Gasteiger charge is 2.38. The van der Waals surface area contributed by atoms with Crippen molar-refractivity contribution in [3.8, 4) is 0 Å². The van der Waals surface area contributed by atoms with Crippen LogP contribution in [0.2, 0.25) is 0 Å². The van der Waals surface area contributed by atoms with E-state index in [4.69, 9.17) is 14.2 Å². The van der Waals surface area contributed by atoms with Crippen molar-refractivity contribution in [1.29, 1.82) is 0 Å². The van der Waals surface area contributed by atoms with Gasteiger partial charge in [0.2, 0.25) is 5.76 Å². The number of carbonyl (C=O) groups excluding carboxylic acids is 1. The highest BCUT2D eigenvalue weighted by atomic mass is 16.6. The fourth-order valence-electron chi connectivity index (χ4n) is 6.31. The number of ether oxygens (including phenoxy) is 3. The zero-order chi connectivity index (χ0) is 37.4. The van der Waals surface area contributed by atoms with Gasteiger partial charge in [-0.2, -0.15) is 0 Å². The molecule has 0 saturated carbocycles. The summed E-state index contributed by atoms with van der Waals surface area (Å²) in [7, 11) is 2.84. The topological polar surface area (TPSA) is 158 Å². The van der Waals surface area contributed by atoms with Crippen molar-refractivity contribution in [3.05, 3.63) is 71.6 Å². The lowest BCUT2D eigenvalue weighted by atomic mass is 9.79. The molecule has 278 valence electrons. The average Bonchev–Trinajstić information content (AvgIpc) is 3.07. The Balaban J connectivity index is 3.65. The molecule has 1 aliphatic heterocycles. The largest absolute Gasteiger partial charge is 0.490 e. The quantitative estimate of drug-likeness (QED) is 0.0585. The van der Waals surface area contributed by atoms with Gasteiger partial charge in [0.05, 0.1) is 37.2 Å². The van der Waals surface area contributed by atoms with Crippen LogP contribution in [0.25, 0.3) is 0 Å². The lowest BCUT2D eigenvalue weighted by Gasteiger charge is -2.34. The van der Waals surface area contributed by atoms with E-state index >= 15 is 0 Å². The van der Waals surface area contributed by atoms with Gasteiger partial charge in [-0.15, -0.1) is 0 Å². The summed E-state index contributed by atoms with van der Waals surface area (Å²) in [5, 5.41) is 57.6. The zero-order valence-electron chi connectivity index (χ0n) is 31.4. The van der Waals surface area contributed by atoms with E-state index in [1.54, 1.807) is 57.2 Å². The number of carbonyl (C=O) groups is 1. The van der Waals surface area contributed by atoms with Crippen molar-refractivity contribution in [1.82, 2.24) is 0 Å². The highest BCUT2D eigenvalue weighted by molar-refractivity contribution is 5.96. The van der Waals surface area contributed by atoms with Crippen LogP contribution >= 0.6 is 0 Å². The fraction of sp³-hybridized carbons (Fsp3) is 0.641. The van der Waals surface area contributed by atoms with Crippen molar-refractivity contribution in [2.75, 3.05) is 14.2 Å². The summed E-state index contributed by atoms with van der Waals surface area (Å²) in [6.07, 6.45) is 11.4. The van der Waals surface area contributed by atoms with E-state index in [1.165, 1.54) is 20.3 Å². The molecule has 12 unspecified atom stereocenters. The van der Waals surface area contributed by atoms with Gasteiger partial charge in [-0.25, -0.2) is 4.79 Å². The Labute approximate surface area is 294 Å². The van der Waals surface area contributed by atoms with Crippen molar-refractivity contribution in [2.45, 2.75) is 112 Å². The third-order valence-electron chi connectivity index (χ3n) is 9.59. The first-order valence-corrected chi connectivity index (χ1v) is 17.3. The summed E-state index contributed by atoms with van der Waals surface area (Å²) in [4.78, 5) is 13.6. The number of hydrogen-bond acceptors (Lipinski definition) is 10. The van der Waals surface area contributed by atoms with Crippen LogP contribution in [0.15, 0.2) is 76.7 Å². The lowest BCUT2D eigenvalue weighted by molar-refractivity contribution is -0.161. The number of cyclic esters (lactones) is 1. The molecule has 0 bridgehead atoms. The first kappa shape index (κ1) is 44.0. The normalized spacial score (nSPS) is 34.2. The molecule has 0 aromatic heterocycles. The maximum atomic E-state index is 13.6. The van der Waals surface area contributed by atoms with Crippen LogP contribution in [-0.4, -0.2) is 88.2 Å². The van der Waals surface area contributed by atoms with Crippen LogP contribution in [0, 0.1) is 35.5 Å². The highest BCUT2D eigenvalue weighted by Crippen LogP contribution is 2.30. The molecular weight excluding hydrogens is 626 g/mol. The third-order valence-corrected chi connectivity index (χ3v) is 9.59. The number of aliphatic hydroxyl groups excluding tert-OH is 4. The molecule has 0 aliphatic carbocycles. The number of rotatable bonds is 11. The summed E-state index contributed by atoms with van der Waals surface area (Å²) in [6, 6.07) is 0. The third kappa shape index (κ3) is 13.3. The molecule has 0 saturated heterocycles. The number of esters is 1. The van der Waals surface area contributed by atoms with Crippen molar-refractivity contribution in [3.63, 3.8) is 0 Å². The summed E-state index contributed by atoms with van der Waals surface area (Å²) < 4.78 is 17.3. The van der Waals surface area contributed by atoms with Crippen molar-refractivity contribution < 1.29 is 44.6 Å². The van der Waals surface area contributed by atoms with Crippen LogP contribution in [-0.2, 0) is 19.0 Å². The number of oxime groups is 1. The minimum absolute atomic E-state index is 0.0826. The Hall–Kier alpha value is -3.02. The maximum absolute atomic E-state index is 13.6. The van der Waals surface area contributed by atoms with Gasteiger partial charge >= 0.3 is 5.97 Å². The molecule has 49 heavy (non-hydrogen) atoms. The van der Waals surface area contributed by atoms with Crippen LogP contribution in [0.5, 0.6) is 0 Å². The summed E-state index contributed by atoms with van der Waals surface area (Å²) in [5.74, 6) is -3.36. The van der Waals surface area contributed by atoms with Crippen molar-refractivity contribution >= 4 is 11.7 Å². The maximum Gasteiger partial charge on any atom is 0.373 e. The molecule has 0 aromatic carbocycles. The van der Waals surface area contributed by atoms with Gasteiger partial charge in [0, 0.05) is 36.7 Å². The molecule has 12 atom stereocenters. The van der Waals surface area contributed by atoms with E-state index in [9.17, 15) is 30.4 Å². The molecule has 5 N–H and O–H groups in total. The smallest absolute Gasteiger partial charge is 0.373 e. The van der Waals surface area contributed by atoms with E-state index in [0.717, 1.165) is 5.57 Å². The number of methoxy groups -OCH3 is 2. The monoisotopic (exact) mass is 689 g/mol. The molecule has 10 heteroatoms. The van der Waals surface area contributed by atoms with E-state index in [1.807, 2.05) is 53.7 Å². The first-order valence-electron chi connectivity index (χ1n) is 17.3. The second kappa shape index (κ2) is 21.9. The predicted octanol–water partition coefficient (Wildman–Crippen LogP) is 5.91. The minimum Gasteiger partial charge on any atom is -0.490 e. The molecule has 0 radical (unpaired) electrons. The predicted molar refractivity (Wildman–Crippen MR) is 194 cm³/mol. The fourth-order valence-corrected chi connectivity index (χ4v) is 6.31. The van der Waals surface area contributed by atoms with Crippen LogP contribution in [0.3, 0.4) is 0 Å². The number of nitrogens with zero attached hydrogens (tertiary/aromatic N) is 1. The Morgan fingerprint density at radius 1 is 1.10 bits per heavy atom. The number of allylic oxidation sites excluding steroid dienone is 7. The van der Waals surface area contributed by atoms with E-state index < -0.39 is 54.4 Å². The second-order valence-corrected chi connectivity index (χ2v) is 13.6. The second-order valence-electron chi connectivity index (χ2n) is 13.6. The molecule has 0 amide bonds. The van der Waals surface area contributed by atoms with Crippen LogP contribution in [0.4, 0.5) is 0 Å². The molecule has 10 nitrogen and oxygen atoms in total. The molecule has 0 spiro atoms. The van der Waals surface area contributed by atoms with Gasteiger partial charge in [-0.05, 0) is 51.7 Å². The average molecular weight is 690 g/mol. The van der Waals surface area contributed by atoms with E-state index in [-0.39, 0.29) is 35.1 Å². The molecule has 0 aromatic rings. The van der Waals surface area contributed by atoms with Gasteiger partial charge < -0.3 is 39.8 Å².